The number of rotatable bonds is 4. The Morgan fingerprint density at radius 2 is 2.15 bits per heavy atom. The maximum Gasteiger partial charge on any atom is 0.340 e. The predicted molar refractivity (Wildman–Crippen MR) is 78.9 cm³/mol. The fraction of sp³-hybridized carbons (Fsp3) is 0.533. The first-order valence-electron chi connectivity index (χ1n) is 6.97. The molecule has 0 aliphatic carbocycles. The summed E-state index contributed by atoms with van der Waals surface area (Å²) in [6.45, 7) is 5.78. The molecule has 3 N–H and O–H groups in total. The first-order valence-corrected chi connectivity index (χ1v) is 6.97. The van der Waals surface area contributed by atoms with Crippen LogP contribution in [0.1, 0.15) is 37.0 Å². The van der Waals surface area contributed by atoms with E-state index in [1.54, 1.807) is 19.1 Å². The summed E-state index contributed by atoms with van der Waals surface area (Å²) in [6, 6.07) is 5.38. The van der Waals surface area contributed by atoms with E-state index >= 15 is 0 Å². The van der Waals surface area contributed by atoms with E-state index in [0.29, 0.717) is 17.9 Å². The molecule has 1 saturated heterocycles. The van der Waals surface area contributed by atoms with E-state index in [1.807, 2.05) is 6.07 Å². The van der Waals surface area contributed by atoms with Gasteiger partial charge >= 0.3 is 5.97 Å². The van der Waals surface area contributed by atoms with Crippen LogP contribution in [-0.2, 0) is 9.47 Å². The van der Waals surface area contributed by atoms with Crippen LogP contribution in [0.3, 0.4) is 0 Å². The predicted octanol–water partition coefficient (Wildman–Crippen LogP) is 2.43. The van der Waals surface area contributed by atoms with Gasteiger partial charge in [0, 0.05) is 30.1 Å². The number of anilines is 2. The van der Waals surface area contributed by atoms with Crippen LogP contribution in [0.4, 0.5) is 11.4 Å². The van der Waals surface area contributed by atoms with Crippen LogP contribution in [0.5, 0.6) is 0 Å². The number of carbonyl (C=O) groups excluding carboxylic acids is 1. The van der Waals surface area contributed by atoms with Crippen molar-refractivity contribution < 1.29 is 14.3 Å². The van der Waals surface area contributed by atoms with E-state index in [2.05, 4.69) is 12.2 Å². The van der Waals surface area contributed by atoms with Crippen molar-refractivity contribution in [1.29, 1.82) is 0 Å². The highest BCUT2D eigenvalue weighted by Gasteiger charge is 2.27. The molecule has 1 aliphatic heterocycles. The average Bonchev–Trinajstić information content (AvgIpc) is 2.42. The highest BCUT2D eigenvalue weighted by molar-refractivity contribution is 5.96. The maximum absolute atomic E-state index is 11.8. The van der Waals surface area contributed by atoms with Gasteiger partial charge in [-0.15, -0.1) is 0 Å². The minimum Gasteiger partial charge on any atom is -0.462 e. The Hall–Kier alpha value is -1.75. The quantitative estimate of drug-likeness (QED) is 0.653. The van der Waals surface area contributed by atoms with Gasteiger partial charge in [0.15, 0.2) is 0 Å². The zero-order valence-electron chi connectivity index (χ0n) is 12.1. The Labute approximate surface area is 119 Å². The van der Waals surface area contributed by atoms with Crippen molar-refractivity contribution in [2.75, 3.05) is 30.9 Å². The highest BCUT2D eigenvalue weighted by atomic mass is 16.5. The Kier molecular flexibility index (Phi) is 4.49. The summed E-state index contributed by atoms with van der Waals surface area (Å²) >= 11 is 0. The van der Waals surface area contributed by atoms with Crippen molar-refractivity contribution in [2.45, 2.75) is 32.2 Å². The van der Waals surface area contributed by atoms with E-state index in [-0.39, 0.29) is 11.5 Å². The molecule has 1 aliphatic rings. The Morgan fingerprint density at radius 3 is 2.80 bits per heavy atom. The fourth-order valence-corrected chi connectivity index (χ4v) is 2.32. The number of nitrogen functional groups attached to an aromatic ring is 1. The molecule has 0 atom stereocenters. The van der Waals surface area contributed by atoms with Crippen LogP contribution in [-0.4, -0.2) is 31.3 Å². The third-order valence-corrected chi connectivity index (χ3v) is 3.59. The summed E-state index contributed by atoms with van der Waals surface area (Å²) in [5.74, 6) is -0.384. The van der Waals surface area contributed by atoms with Crippen LogP contribution in [0.2, 0.25) is 0 Å². The molecule has 1 fully saturated rings. The molecule has 0 unspecified atom stereocenters. The summed E-state index contributed by atoms with van der Waals surface area (Å²) < 4.78 is 10.4. The number of benzene rings is 1. The number of ether oxygens (including phenoxy) is 2. The van der Waals surface area contributed by atoms with Gasteiger partial charge in [-0.05, 0) is 44.9 Å². The molecule has 0 radical (unpaired) electrons. The zero-order valence-corrected chi connectivity index (χ0v) is 12.1. The number of hydrogen-bond acceptors (Lipinski definition) is 5. The van der Waals surface area contributed by atoms with Gasteiger partial charge in [0.2, 0.25) is 0 Å². The molecule has 0 amide bonds. The second kappa shape index (κ2) is 6.13. The molecule has 20 heavy (non-hydrogen) atoms. The van der Waals surface area contributed by atoms with Gasteiger partial charge in [-0.2, -0.15) is 0 Å². The third kappa shape index (κ3) is 3.42. The molecule has 0 saturated carbocycles. The molecule has 1 aromatic rings. The SMILES string of the molecule is CCOC(=O)c1cc(NC2(C)CCOCC2)ccc1N. The van der Waals surface area contributed by atoms with Gasteiger partial charge in [0.05, 0.1) is 12.2 Å². The van der Waals surface area contributed by atoms with Crippen molar-refractivity contribution >= 4 is 17.3 Å². The zero-order chi connectivity index (χ0) is 14.6. The molecule has 0 spiro atoms. The lowest BCUT2D eigenvalue weighted by Gasteiger charge is -2.35. The van der Waals surface area contributed by atoms with E-state index in [0.717, 1.165) is 31.7 Å². The maximum atomic E-state index is 11.8. The Bertz CT molecular complexity index is 482. The lowest BCUT2D eigenvalue weighted by atomic mass is 9.92. The van der Waals surface area contributed by atoms with Gasteiger partial charge in [0.1, 0.15) is 0 Å². The summed E-state index contributed by atoms with van der Waals surface area (Å²) in [7, 11) is 0. The molecule has 1 aromatic carbocycles. The first kappa shape index (κ1) is 14.7. The van der Waals surface area contributed by atoms with Crippen molar-refractivity contribution in [1.82, 2.24) is 0 Å². The topological polar surface area (TPSA) is 73.6 Å². The third-order valence-electron chi connectivity index (χ3n) is 3.59. The second-order valence-corrected chi connectivity index (χ2v) is 5.32. The van der Waals surface area contributed by atoms with Gasteiger partial charge in [-0.1, -0.05) is 0 Å². The smallest absolute Gasteiger partial charge is 0.340 e. The molecule has 0 aromatic heterocycles. The molecular weight excluding hydrogens is 256 g/mol. The first-order chi connectivity index (χ1) is 9.54. The normalized spacial score (nSPS) is 17.5. The summed E-state index contributed by atoms with van der Waals surface area (Å²) in [6.07, 6.45) is 1.87. The van der Waals surface area contributed by atoms with Crippen molar-refractivity contribution in [3.8, 4) is 0 Å². The number of hydrogen-bond donors (Lipinski definition) is 2. The van der Waals surface area contributed by atoms with Crippen LogP contribution in [0.25, 0.3) is 0 Å². The van der Waals surface area contributed by atoms with Crippen LogP contribution < -0.4 is 11.1 Å². The van der Waals surface area contributed by atoms with E-state index in [4.69, 9.17) is 15.2 Å². The van der Waals surface area contributed by atoms with Gasteiger partial charge in [0.25, 0.3) is 0 Å². The van der Waals surface area contributed by atoms with E-state index < -0.39 is 0 Å². The number of nitrogens with two attached hydrogens (primary N) is 1. The molecule has 5 nitrogen and oxygen atoms in total. The van der Waals surface area contributed by atoms with Crippen molar-refractivity contribution in [2.24, 2.45) is 0 Å². The Balaban J connectivity index is 2.16. The number of carbonyl (C=O) groups is 1. The monoisotopic (exact) mass is 278 g/mol. The lowest BCUT2D eigenvalue weighted by Crippen LogP contribution is -2.40. The average molecular weight is 278 g/mol. The summed E-state index contributed by atoms with van der Waals surface area (Å²) in [5.41, 5.74) is 7.55. The minimum atomic E-state index is -0.384. The standard InChI is InChI=1S/C15H22N2O3/c1-3-20-14(18)12-10-11(4-5-13(12)16)17-15(2)6-8-19-9-7-15/h4-5,10,17H,3,6-9,16H2,1-2H3. The summed E-state index contributed by atoms with van der Waals surface area (Å²) in [4.78, 5) is 11.8. The number of nitrogens with one attached hydrogen (secondary N) is 1. The highest BCUT2D eigenvalue weighted by Crippen LogP contribution is 2.27. The fourth-order valence-electron chi connectivity index (χ4n) is 2.32. The van der Waals surface area contributed by atoms with Gasteiger partial charge < -0.3 is 20.5 Å². The molecule has 1 heterocycles. The van der Waals surface area contributed by atoms with Gasteiger partial charge in [-0.3, -0.25) is 0 Å². The molecule has 110 valence electrons. The Morgan fingerprint density at radius 1 is 1.45 bits per heavy atom. The van der Waals surface area contributed by atoms with E-state index in [9.17, 15) is 4.79 Å². The summed E-state index contributed by atoms with van der Waals surface area (Å²) in [5, 5.41) is 3.48. The van der Waals surface area contributed by atoms with E-state index in [1.165, 1.54) is 0 Å². The van der Waals surface area contributed by atoms with Crippen LogP contribution >= 0.6 is 0 Å². The minimum absolute atomic E-state index is 0.0136. The molecule has 0 bridgehead atoms. The van der Waals surface area contributed by atoms with Gasteiger partial charge in [-0.25, -0.2) is 4.79 Å². The number of esters is 1. The van der Waals surface area contributed by atoms with Crippen molar-refractivity contribution in [3.63, 3.8) is 0 Å². The van der Waals surface area contributed by atoms with Crippen LogP contribution in [0.15, 0.2) is 18.2 Å². The molecular formula is C15H22N2O3. The molecule has 5 heteroatoms. The second-order valence-electron chi connectivity index (χ2n) is 5.32. The molecule has 2 rings (SSSR count). The van der Waals surface area contributed by atoms with Crippen LogP contribution in [0, 0.1) is 0 Å². The largest absolute Gasteiger partial charge is 0.462 e. The lowest BCUT2D eigenvalue weighted by molar-refractivity contribution is 0.0527. The van der Waals surface area contributed by atoms with Crippen molar-refractivity contribution in [3.05, 3.63) is 23.8 Å².